The van der Waals surface area contributed by atoms with Crippen LogP contribution in [0, 0.1) is 5.92 Å². The molecule has 7 nitrogen and oxygen atoms in total. The molecule has 8 heteroatoms. The fraction of sp³-hybridized carbons (Fsp3) is 0.381. The SMILES string of the molecule is CCOc1ccccc1C(=O)OCC(=O)Nc1sc2c(c1C(N)=O)CC[C@H](C)C2. The molecule has 0 bridgehead atoms. The molecule has 0 unspecified atom stereocenters. The largest absolute Gasteiger partial charge is 0.493 e. The molecule has 0 saturated carbocycles. The molecule has 3 N–H and O–H groups in total. The number of carbonyl (C=O) groups is 3. The van der Waals surface area contributed by atoms with Gasteiger partial charge in [0, 0.05) is 4.88 Å². The summed E-state index contributed by atoms with van der Waals surface area (Å²) in [5.74, 6) is -0.816. The predicted octanol–water partition coefficient (Wildman–Crippen LogP) is 3.17. The smallest absolute Gasteiger partial charge is 0.342 e. The number of primary amides is 1. The minimum absolute atomic E-state index is 0.251. The molecule has 0 radical (unpaired) electrons. The van der Waals surface area contributed by atoms with E-state index in [0.29, 0.717) is 28.8 Å². The van der Waals surface area contributed by atoms with Gasteiger partial charge in [0.2, 0.25) is 0 Å². The first kappa shape index (κ1) is 20.9. The molecule has 1 aliphatic carbocycles. The van der Waals surface area contributed by atoms with Crippen molar-refractivity contribution in [2.75, 3.05) is 18.5 Å². The molecular formula is C21H24N2O5S. The molecule has 29 heavy (non-hydrogen) atoms. The molecule has 3 rings (SSSR count). The van der Waals surface area contributed by atoms with Crippen LogP contribution in [0.1, 0.15) is 51.4 Å². The number of nitrogens with one attached hydrogen (secondary N) is 1. The summed E-state index contributed by atoms with van der Waals surface area (Å²) in [4.78, 5) is 37.7. The maximum atomic E-state index is 12.3. The third kappa shape index (κ3) is 4.76. The Bertz CT molecular complexity index is 937. The van der Waals surface area contributed by atoms with Crippen LogP contribution in [-0.2, 0) is 22.4 Å². The van der Waals surface area contributed by atoms with Gasteiger partial charge in [0.25, 0.3) is 11.8 Å². The number of carbonyl (C=O) groups excluding carboxylic acids is 3. The number of anilines is 1. The molecule has 1 aliphatic rings. The molecule has 0 fully saturated rings. The Morgan fingerprint density at radius 3 is 2.76 bits per heavy atom. The molecule has 1 heterocycles. The van der Waals surface area contributed by atoms with Gasteiger partial charge < -0.3 is 20.5 Å². The van der Waals surface area contributed by atoms with E-state index >= 15 is 0 Å². The summed E-state index contributed by atoms with van der Waals surface area (Å²) in [5, 5.41) is 3.10. The molecule has 1 aromatic carbocycles. The predicted molar refractivity (Wildman–Crippen MR) is 111 cm³/mol. The van der Waals surface area contributed by atoms with Gasteiger partial charge in [-0.15, -0.1) is 11.3 Å². The highest BCUT2D eigenvalue weighted by molar-refractivity contribution is 7.17. The van der Waals surface area contributed by atoms with Gasteiger partial charge in [0.05, 0.1) is 12.2 Å². The zero-order valence-electron chi connectivity index (χ0n) is 16.4. The molecular weight excluding hydrogens is 392 g/mol. The van der Waals surface area contributed by atoms with Crippen LogP contribution in [0.25, 0.3) is 0 Å². The van der Waals surface area contributed by atoms with Crippen molar-refractivity contribution in [3.05, 3.63) is 45.8 Å². The molecule has 2 aromatic rings. The number of amides is 2. The van der Waals surface area contributed by atoms with Crippen molar-refractivity contribution in [2.45, 2.75) is 33.1 Å². The van der Waals surface area contributed by atoms with Gasteiger partial charge >= 0.3 is 5.97 Å². The Labute approximate surface area is 173 Å². The first-order chi connectivity index (χ1) is 13.9. The second kappa shape index (κ2) is 9.09. The normalized spacial score (nSPS) is 15.3. The topological polar surface area (TPSA) is 108 Å². The monoisotopic (exact) mass is 416 g/mol. The van der Waals surface area contributed by atoms with Crippen LogP contribution >= 0.6 is 11.3 Å². The number of hydrogen-bond donors (Lipinski definition) is 2. The number of rotatable bonds is 7. The minimum atomic E-state index is -0.654. The number of thiophene rings is 1. The van der Waals surface area contributed by atoms with Gasteiger partial charge in [-0.2, -0.15) is 0 Å². The van der Waals surface area contributed by atoms with E-state index in [1.165, 1.54) is 11.3 Å². The van der Waals surface area contributed by atoms with Crippen LogP contribution in [0.15, 0.2) is 24.3 Å². The number of ether oxygens (including phenoxy) is 2. The van der Waals surface area contributed by atoms with Gasteiger partial charge in [0.15, 0.2) is 6.61 Å². The van der Waals surface area contributed by atoms with Gasteiger partial charge in [-0.25, -0.2) is 4.79 Å². The van der Waals surface area contributed by atoms with E-state index in [2.05, 4.69) is 12.2 Å². The Morgan fingerprint density at radius 1 is 1.28 bits per heavy atom. The molecule has 1 atom stereocenters. The van der Waals surface area contributed by atoms with Crippen LogP contribution in [0.5, 0.6) is 5.75 Å². The van der Waals surface area contributed by atoms with E-state index in [1.54, 1.807) is 24.3 Å². The number of para-hydroxylation sites is 1. The summed E-state index contributed by atoms with van der Waals surface area (Å²) in [6, 6.07) is 6.68. The molecule has 0 spiro atoms. The molecule has 0 saturated heterocycles. The highest BCUT2D eigenvalue weighted by Gasteiger charge is 2.27. The standard InChI is InChI=1S/C21H24N2O5S/c1-3-27-15-7-5-4-6-13(15)21(26)28-11-17(24)23-20-18(19(22)25)14-9-8-12(2)10-16(14)29-20/h4-7,12H,3,8-11H2,1-2H3,(H2,22,25)(H,23,24)/t12-/m0/s1. The van der Waals surface area contributed by atoms with Gasteiger partial charge in [-0.1, -0.05) is 19.1 Å². The highest BCUT2D eigenvalue weighted by Crippen LogP contribution is 2.39. The van der Waals surface area contributed by atoms with Crippen molar-refractivity contribution in [3.63, 3.8) is 0 Å². The Kier molecular flexibility index (Phi) is 6.53. The maximum Gasteiger partial charge on any atom is 0.342 e. The van der Waals surface area contributed by atoms with Crippen molar-refractivity contribution in [1.29, 1.82) is 0 Å². The average molecular weight is 416 g/mol. The molecule has 1 aromatic heterocycles. The first-order valence-electron chi connectivity index (χ1n) is 9.53. The van der Waals surface area contributed by atoms with Crippen LogP contribution in [0.3, 0.4) is 0 Å². The second-order valence-electron chi connectivity index (χ2n) is 6.97. The summed E-state index contributed by atoms with van der Waals surface area (Å²) < 4.78 is 10.5. The quantitative estimate of drug-likeness (QED) is 0.674. The lowest BCUT2D eigenvalue weighted by Crippen LogP contribution is -2.23. The van der Waals surface area contributed by atoms with Crippen LogP contribution in [0.2, 0.25) is 0 Å². The number of fused-ring (bicyclic) bond motifs is 1. The summed E-state index contributed by atoms with van der Waals surface area (Å²) >= 11 is 1.37. The number of esters is 1. The zero-order chi connectivity index (χ0) is 21.0. The number of nitrogens with two attached hydrogens (primary N) is 1. The van der Waals surface area contributed by atoms with Crippen molar-refractivity contribution < 1.29 is 23.9 Å². The van der Waals surface area contributed by atoms with E-state index in [9.17, 15) is 14.4 Å². The van der Waals surface area contributed by atoms with E-state index < -0.39 is 24.4 Å². The maximum absolute atomic E-state index is 12.3. The van der Waals surface area contributed by atoms with E-state index in [0.717, 1.165) is 29.7 Å². The summed E-state index contributed by atoms with van der Waals surface area (Å²) in [6.07, 6.45) is 2.61. The molecule has 0 aliphatic heterocycles. The summed E-state index contributed by atoms with van der Waals surface area (Å²) in [5.41, 5.74) is 7.11. The van der Waals surface area contributed by atoms with Crippen molar-refractivity contribution >= 4 is 34.1 Å². The number of benzene rings is 1. The number of hydrogen-bond acceptors (Lipinski definition) is 6. The Balaban J connectivity index is 1.67. The third-order valence-corrected chi connectivity index (χ3v) is 5.92. The molecule has 2 amide bonds. The lowest BCUT2D eigenvalue weighted by Gasteiger charge is -2.18. The Morgan fingerprint density at radius 2 is 2.03 bits per heavy atom. The fourth-order valence-corrected chi connectivity index (χ4v) is 4.82. The second-order valence-corrected chi connectivity index (χ2v) is 8.08. The summed E-state index contributed by atoms with van der Waals surface area (Å²) in [7, 11) is 0. The van der Waals surface area contributed by atoms with Crippen LogP contribution in [-0.4, -0.2) is 31.0 Å². The summed E-state index contributed by atoms with van der Waals surface area (Å²) in [6.45, 7) is 3.90. The average Bonchev–Trinajstić information content (AvgIpc) is 3.03. The zero-order valence-corrected chi connectivity index (χ0v) is 17.3. The van der Waals surface area contributed by atoms with Gasteiger partial charge in [0.1, 0.15) is 16.3 Å². The highest BCUT2D eigenvalue weighted by atomic mass is 32.1. The minimum Gasteiger partial charge on any atom is -0.493 e. The van der Waals surface area contributed by atoms with Gasteiger partial charge in [-0.05, 0) is 49.8 Å². The van der Waals surface area contributed by atoms with E-state index in [1.807, 2.05) is 6.92 Å². The van der Waals surface area contributed by atoms with Crippen molar-refractivity contribution in [2.24, 2.45) is 11.7 Å². The van der Waals surface area contributed by atoms with Gasteiger partial charge in [-0.3, -0.25) is 9.59 Å². The fourth-order valence-electron chi connectivity index (χ4n) is 3.39. The van der Waals surface area contributed by atoms with E-state index in [-0.39, 0.29) is 5.56 Å². The lowest BCUT2D eigenvalue weighted by molar-refractivity contribution is -0.119. The van der Waals surface area contributed by atoms with E-state index in [4.69, 9.17) is 15.2 Å². The van der Waals surface area contributed by atoms with Crippen LogP contribution in [0.4, 0.5) is 5.00 Å². The third-order valence-electron chi connectivity index (χ3n) is 4.75. The molecule has 154 valence electrons. The van der Waals surface area contributed by atoms with Crippen molar-refractivity contribution in [3.8, 4) is 5.75 Å². The van der Waals surface area contributed by atoms with Crippen LogP contribution < -0.4 is 15.8 Å². The Hall–Kier alpha value is -2.87. The lowest BCUT2D eigenvalue weighted by atomic mass is 9.88. The van der Waals surface area contributed by atoms with Crippen molar-refractivity contribution in [1.82, 2.24) is 0 Å². The first-order valence-corrected chi connectivity index (χ1v) is 10.4.